The van der Waals surface area contributed by atoms with E-state index < -0.39 is 0 Å². The van der Waals surface area contributed by atoms with E-state index in [1.807, 2.05) is 48.1 Å². The lowest BCUT2D eigenvalue weighted by Gasteiger charge is -2.25. The summed E-state index contributed by atoms with van der Waals surface area (Å²) >= 11 is 0. The van der Waals surface area contributed by atoms with Crippen molar-refractivity contribution in [2.45, 2.75) is 13.5 Å². The second-order valence-electron chi connectivity index (χ2n) is 5.97. The monoisotopic (exact) mass is 313 g/mol. The lowest BCUT2D eigenvalue weighted by Crippen LogP contribution is -2.38. The summed E-state index contributed by atoms with van der Waals surface area (Å²) in [6.07, 6.45) is 1.82. The minimum absolute atomic E-state index is 0.0210. The van der Waals surface area contributed by atoms with Crippen LogP contribution in [0, 0.1) is 12.8 Å². The topological polar surface area (TPSA) is 71.0 Å². The highest BCUT2D eigenvalue weighted by Gasteiger charge is 2.17. The van der Waals surface area contributed by atoms with Crippen molar-refractivity contribution in [1.82, 2.24) is 20.4 Å². The van der Waals surface area contributed by atoms with Gasteiger partial charge in [-0.05, 0) is 19.1 Å². The van der Waals surface area contributed by atoms with E-state index in [1.165, 1.54) is 0 Å². The summed E-state index contributed by atoms with van der Waals surface area (Å²) in [5, 5.41) is 14.0. The van der Waals surface area contributed by atoms with E-state index in [0.717, 1.165) is 37.6 Å². The maximum absolute atomic E-state index is 12.0. The molecule has 1 atom stereocenters. The van der Waals surface area contributed by atoms with Crippen molar-refractivity contribution in [3.63, 3.8) is 0 Å². The smallest absolute Gasteiger partial charge is 0.251 e. The van der Waals surface area contributed by atoms with Crippen molar-refractivity contribution in [2.75, 3.05) is 31.5 Å². The molecule has 0 radical (unpaired) electrons. The van der Waals surface area contributed by atoms with Crippen LogP contribution in [0.2, 0.25) is 0 Å². The second kappa shape index (κ2) is 7.28. The van der Waals surface area contributed by atoms with Crippen LogP contribution in [0.5, 0.6) is 0 Å². The summed E-state index contributed by atoms with van der Waals surface area (Å²) in [6, 6.07) is 9.60. The molecule has 122 valence electrons. The third-order valence-corrected chi connectivity index (χ3v) is 4.05. The number of benzene rings is 1. The number of nitrogens with zero attached hydrogens (tertiary/aromatic N) is 2. The molecule has 1 aromatic heterocycles. The third-order valence-electron chi connectivity index (χ3n) is 4.05. The van der Waals surface area contributed by atoms with E-state index in [1.54, 1.807) is 0 Å². The normalized spacial score (nSPS) is 16.5. The highest BCUT2D eigenvalue weighted by Crippen LogP contribution is 2.15. The zero-order valence-electron chi connectivity index (χ0n) is 13.4. The van der Waals surface area contributed by atoms with Crippen molar-refractivity contribution >= 4 is 11.7 Å². The Hall–Kier alpha value is -2.34. The number of hydrogen-bond donors (Lipinski definition) is 3. The standard InChI is InChI=1S/C17H23N5O/c1-13-2-4-15(5-3-13)17(23)19-9-8-18-10-14-11-20-16-6-7-21-22(16)12-14/h2-7,14,18,20H,8-12H2,1H3,(H,19,23)/t14-/m0/s1. The van der Waals surface area contributed by atoms with Crippen LogP contribution in [0.25, 0.3) is 0 Å². The largest absolute Gasteiger partial charge is 0.370 e. The summed E-state index contributed by atoms with van der Waals surface area (Å²) in [5.41, 5.74) is 1.86. The van der Waals surface area contributed by atoms with Crippen LogP contribution in [0.1, 0.15) is 15.9 Å². The molecule has 0 fully saturated rings. The number of amides is 1. The van der Waals surface area contributed by atoms with Gasteiger partial charge in [0.05, 0.1) is 6.20 Å². The van der Waals surface area contributed by atoms with Crippen LogP contribution in [-0.4, -0.2) is 41.9 Å². The number of aromatic nitrogens is 2. The Kier molecular flexibility index (Phi) is 4.92. The average Bonchev–Trinajstić information content (AvgIpc) is 3.02. The van der Waals surface area contributed by atoms with Crippen molar-refractivity contribution in [3.8, 4) is 0 Å². The maximum atomic E-state index is 12.0. The molecule has 3 N–H and O–H groups in total. The zero-order chi connectivity index (χ0) is 16.1. The van der Waals surface area contributed by atoms with Gasteiger partial charge < -0.3 is 16.0 Å². The molecule has 0 spiro atoms. The first-order chi connectivity index (χ1) is 11.2. The molecule has 1 aliphatic heterocycles. The highest BCUT2D eigenvalue weighted by molar-refractivity contribution is 5.94. The Balaban J connectivity index is 1.33. The quantitative estimate of drug-likeness (QED) is 0.702. The van der Waals surface area contributed by atoms with Crippen molar-refractivity contribution in [2.24, 2.45) is 5.92 Å². The SMILES string of the molecule is Cc1ccc(C(=O)NCCNC[C@H]2CNc3ccnn3C2)cc1. The molecule has 1 aromatic carbocycles. The lowest BCUT2D eigenvalue weighted by molar-refractivity contribution is 0.0954. The lowest BCUT2D eigenvalue weighted by atomic mass is 10.1. The Labute approximate surface area is 136 Å². The van der Waals surface area contributed by atoms with Crippen molar-refractivity contribution in [3.05, 3.63) is 47.7 Å². The van der Waals surface area contributed by atoms with Gasteiger partial charge in [-0.25, -0.2) is 4.68 Å². The van der Waals surface area contributed by atoms with Gasteiger partial charge in [0.2, 0.25) is 0 Å². The Bertz CT molecular complexity index is 649. The maximum Gasteiger partial charge on any atom is 0.251 e. The first-order valence-corrected chi connectivity index (χ1v) is 8.03. The molecule has 1 amide bonds. The van der Waals surface area contributed by atoms with E-state index in [2.05, 4.69) is 21.0 Å². The third kappa shape index (κ3) is 4.10. The number of rotatable bonds is 6. The Morgan fingerprint density at radius 2 is 2.13 bits per heavy atom. The average molecular weight is 313 g/mol. The molecule has 2 heterocycles. The van der Waals surface area contributed by atoms with E-state index in [-0.39, 0.29) is 5.91 Å². The van der Waals surface area contributed by atoms with Gasteiger partial charge in [0, 0.05) is 50.3 Å². The Morgan fingerprint density at radius 1 is 1.30 bits per heavy atom. The fourth-order valence-corrected chi connectivity index (χ4v) is 2.70. The van der Waals surface area contributed by atoms with Crippen LogP contribution < -0.4 is 16.0 Å². The number of fused-ring (bicyclic) bond motifs is 1. The summed E-state index contributed by atoms with van der Waals surface area (Å²) in [7, 11) is 0. The summed E-state index contributed by atoms with van der Waals surface area (Å²) in [5.74, 6) is 1.58. The van der Waals surface area contributed by atoms with E-state index in [0.29, 0.717) is 18.0 Å². The molecule has 6 heteroatoms. The highest BCUT2D eigenvalue weighted by atomic mass is 16.1. The van der Waals surface area contributed by atoms with Crippen molar-refractivity contribution in [1.29, 1.82) is 0 Å². The molecule has 1 aliphatic rings. The molecule has 0 saturated heterocycles. The molecule has 6 nitrogen and oxygen atoms in total. The molecular formula is C17H23N5O. The fourth-order valence-electron chi connectivity index (χ4n) is 2.70. The molecular weight excluding hydrogens is 290 g/mol. The zero-order valence-corrected chi connectivity index (χ0v) is 13.4. The minimum atomic E-state index is -0.0210. The van der Waals surface area contributed by atoms with Gasteiger partial charge in [-0.15, -0.1) is 0 Å². The molecule has 23 heavy (non-hydrogen) atoms. The second-order valence-corrected chi connectivity index (χ2v) is 5.97. The number of carbonyl (C=O) groups is 1. The number of carbonyl (C=O) groups excluding carboxylic acids is 1. The van der Waals surface area contributed by atoms with Crippen molar-refractivity contribution < 1.29 is 4.79 Å². The predicted octanol–water partition coefficient (Wildman–Crippen LogP) is 1.25. The van der Waals surface area contributed by atoms with E-state index in [9.17, 15) is 4.79 Å². The predicted molar refractivity (Wildman–Crippen MR) is 90.6 cm³/mol. The van der Waals surface area contributed by atoms with Gasteiger partial charge in [-0.3, -0.25) is 4.79 Å². The molecule has 2 aromatic rings. The first-order valence-electron chi connectivity index (χ1n) is 8.03. The van der Waals surface area contributed by atoms with Crippen LogP contribution in [0.3, 0.4) is 0 Å². The number of hydrogen-bond acceptors (Lipinski definition) is 4. The summed E-state index contributed by atoms with van der Waals surface area (Å²) < 4.78 is 2.00. The summed E-state index contributed by atoms with van der Waals surface area (Å²) in [4.78, 5) is 12.0. The number of aryl methyl sites for hydroxylation is 1. The first kappa shape index (κ1) is 15.6. The van der Waals surface area contributed by atoms with Gasteiger partial charge in [0.25, 0.3) is 5.91 Å². The molecule has 0 unspecified atom stereocenters. The van der Waals surface area contributed by atoms with Crippen LogP contribution in [-0.2, 0) is 6.54 Å². The van der Waals surface area contributed by atoms with Gasteiger partial charge in [-0.1, -0.05) is 17.7 Å². The van der Waals surface area contributed by atoms with E-state index >= 15 is 0 Å². The summed E-state index contributed by atoms with van der Waals surface area (Å²) in [6.45, 7) is 6.19. The van der Waals surface area contributed by atoms with Gasteiger partial charge in [0.1, 0.15) is 5.82 Å². The van der Waals surface area contributed by atoms with Gasteiger partial charge in [-0.2, -0.15) is 5.10 Å². The number of anilines is 1. The fraction of sp³-hybridized carbons (Fsp3) is 0.412. The van der Waals surface area contributed by atoms with Gasteiger partial charge in [0.15, 0.2) is 0 Å². The van der Waals surface area contributed by atoms with E-state index in [4.69, 9.17) is 0 Å². The number of nitrogens with one attached hydrogen (secondary N) is 3. The molecule has 0 aliphatic carbocycles. The Morgan fingerprint density at radius 3 is 2.96 bits per heavy atom. The van der Waals surface area contributed by atoms with Gasteiger partial charge >= 0.3 is 0 Å². The van der Waals surface area contributed by atoms with Crippen LogP contribution in [0.15, 0.2) is 36.5 Å². The molecule has 3 rings (SSSR count). The van der Waals surface area contributed by atoms with Crippen LogP contribution in [0.4, 0.5) is 5.82 Å². The molecule has 0 bridgehead atoms. The van der Waals surface area contributed by atoms with Crippen LogP contribution >= 0.6 is 0 Å². The molecule has 0 saturated carbocycles. The minimum Gasteiger partial charge on any atom is -0.370 e.